The van der Waals surface area contributed by atoms with Gasteiger partial charge < -0.3 is 19.1 Å². The zero-order chi connectivity index (χ0) is 17.6. The van der Waals surface area contributed by atoms with Crippen LogP contribution in [0.5, 0.6) is 5.75 Å². The summed E-state index contributed by atoms with van der Waals surface area (Å²) >= 11 is 0. The zero-order valence-electron chi connectivity index (χ0n) is 14.9. The monoisotopic (exact) mass is 343 g/mol. The number of carbonyl (C=O) groups excluding carboxylic acids is 1. The van der Waals surface area contributed by atoms with Crippen molar-refractivity contribution in [2.24, 2.45) is 0 Å². The van der Waals surface area contributed by atoms with Crippen molar-refractivity contribution in [2.75, 3.05) is 40.0 Å². The maximum absolute atomic E-state index is 12.3. The molecule has 0 bridgehead atoms. The van der Waals surface area contributed by atoms with Gasteiger partial charge in [-0.05, 0) is 41.0 Å². The number of nitrogens with zero attached hydrogens (tertiary/aromatic N) is 1. The van der Waals surface area contributed by atoms with Crippen LogP contribution in [0, 0.1) is 0 Å². The first kappa shape index (κ1) is 17.7. The summed E-state index contributed by atoms with van der Waals surface area (Å²) in [5, 5.41) is 2.26. The number of morpholine rings is 1. The van der Waals surface area contributed by atoms with E-state index in [2.05, 4.69) is 18.2 Å². The molecule has 0 aliphatic carbocycles. The van der Waals surface area contributed by atoms with Crippen molar-refractivity contribution in [3.8, 4) is 5.75 Å². The van der Waals surface area contributed by atoms with Crippen LogP contribution in [0.15, 0.2) is 36.4 Å². The minimum Gasteiger partial charge on any atom is -0.497 e. The van der Waals surface area contributed by atoms with E-state index >= 15 is 0 Å². The van der Waals surface area contributed by atoms with Crippen molar-refractivity contribution in [3.05, 3.63) is 42.0 Å². The Hall–Kier alpha value is -2.11. The minimum absolute atomic E-state index is 0.0345. The highest BCUT2D eigenvalue weighted by Crippen LogP contribution is 2.27. The van der Waals surface area contributed by atoms with Crippen LogP contribution in [0.2, 0.25) is 0 Å². The largest absolute Gasteiger partial charge is 0.497 e. The van der Waals surface area contributed by atoms with Crippen LogP contribution in [-0.2, 0) is 14.3 Å². The van der Waals surface area contributed by atoms with Gasteiger partial charge in [-0.2, -0.15) is 0 Å². The number of fused-ring (bicyclic) bond motifs is 1. The number of benzene rings is 2. The minimum atomic E-state index is -0.102. The fourth-order valence-electron chi connectivity index (χ4n) is 3.04. The first-order valence-electron chi connectivity index (χ1n) is 8.76. The van der Waals surface area contributed by atoms with Crippen LogP contribution in [0.1, 0.15) is 25.0 Å². The average Bonchev–Trinajstić information content (AvgIpc) is 2.67. The van der Waals surface area contributed by atoms with Crippen molar-refractivity contribution < 1.29 is 19.0 Å². The summed E-state index contributed by atoms with van der Waals surface area (Å²) in [5.74, 6) is 0.880. The van der Waals surface area contributed by atoms with Crippen molar-refractivity contribution in [2.45, 2.75) is 19.4 Å². The Labute approximate surface area is 148 Å². The number of amides is 1. The summed E-state index contributed by atoms with van der Waals surface area (Å²) < 4.78 is 16.5. The van der Waals surface area contributed by atoms with E-state index in [0.717, 1.165) is 28.5 Å². The van der Waals surface area contributed by atoms with E-state index in [4.69, 9.17) is 14.2 Å². The molecule has 1 atom stereocenters. The maximum Gasteiger partial charge on any atom is 0.248 e. The summed E-state index contributed by atoms with van der Waals surface area (Å²) in [6.45, 7) is 4.53. The molecule has 0 saturated carbocycles. The third kappa shape index (κ3) is 4.30. The molecule has 0 aromatic heterocycles. The quantitative estimate of drug-likeness (QED) is 0.756. The maximum atomic E-state index is 12.3. The first-order valence-corrected chi connectivity index (χ1v) is 8.76. The van der Waals surface area contributed by atoms with E-state index in [1.165, 1.54) is 0 Å². The number of hydrogen-bond donors (Lipinski definition) is 0. The highest BCUT2D eigenvalue weighted by Gasteiger charge is 2.25. The normalized spacial score (nSPS) is 17.7. The Morgan fingerprint density at radius 3 is 2.84 bits per heavy atom. The van der Waals surface area contributed by atoms with Gasteiger partial charge in [0.15, 0.2) is 0 Å². The number of hydrogen-bond acceptors (Lipinski definition) is 4. The molecule has 0 radical (unpaired) electrons. The molecule has 3 rings (SSSR count). The number of ether oxygens (including phenoxy) is 3. The van der Waals surface area contributed by atoms with Crippen molar-refractivity contribution in [3.63, 3.8) is 0 Å². The molecule has 1 heterocycles. The van der Waals surface area contributed by atoms with Gasteiger partial charge in [0.1, 0.15) is 18.5 Å². The van der Waals surface area contributed by atoms with Crippen LogP contribution in [0.4, 0.5) is 0 Å². The second kappa shape index (κ2) is 8.32. The number of carbonyl (C=O) groups is 1. The Bertz CT molecular complexity index is 731. The lowest BCUT2D eigenvalue weighted by Crippen LogP contribution is -2.43. The third-order valence-electron chi connectivity index (χ3n) is 4.44. The SMILES string of the molecule is CCCOCC(=O)N1CCO[C@@H](c2ccc3cc(OC)ccc3c2)C1. The molecule has 5 heteroatoms. The van der Waals surface area contributed by atoms with E-state index in [9.17, 15) is 4.79 Å². The first-order chi connectivity index (χ1) is 12.2. The molecular weight excluding hydrogens is 318 g/mol. The third-order valence-corrected chi connectivity index (χ3v) is 4.44. The van der Waals surface area contributed by atoms with Crippen LogP contribution in [0.3, 0.4) is 0 Å². The van der Waals surface area contributed by atoms with Gasteiger partial charge in [-0.15, -0.1) is 0 Å². The molecule has 1 aliphatic rings. The Kier molecular flexibility index (Phi) is 5.89. The van der Waals surface area contributed by atoms with E-state index in [1.54, 1.807) is 7.11 Å². The Morgan fingerprint density at radius 2 is 2.04 bits per heavy atom. The van der Waals surface area contributed by atoms with Gasteiger partial charge in [-0.3, -0.25) is 4.79 Å². The topological polar surface area (TPSA) is 48.0 Å². The molecular formula is C20H25NO4. The predicted molar refractivity (Wildman–Crippen MR) is 96.9 cm³/mol. The van der Waals surface area contributed by atoms with E-state index < -0.39 is 0 Å². The van der Waals surface area contributed by atoms with Gasteiger partial charge in [-0.25, -0.2) is 0 Å². The Balaban J connectivity index is 1.70. The van der Waals surface area contributed by atoms with Crippen molar-refractivity contribution in [1.82, 2.24) is 4.90 Å². The van der Waals surface area contributed by atoms with Gasteiger partial charge in [0.05, 0.1) is 20.3 Å². The lowest BCUT2D eigenvalue weighted by Gasteiger charge is -2.33. The van der Waals surface area contributed by atoms with Crippen LogP contribution >= 0.6 is 0 Å². The van der Waals surface area contributed by atoms with E-state index in [-0.39, 0.29) is 18.6 Å². The summed E-state index contributed by atoms with van der Waals surface area (Å²) in [4.78, 5) is 14.1. The molecule has 134 valence electrons. The van der Waals surface area contributed by atoms with Gasteiger partial charge in [0, 0.05) is 13.2 Å². The summed E-state index contributed by atoms with van der Waals surface area (Å²) in [6.07, 6.45) is 0.816. The average molecular weight is 343 g/mol. The molecule has 1 amide bonds. The molecule has 25 heavy (non-hydrogen) atoms. The van der Waals surface area contributed by atoms with Crippen molar-refractivity contribution >= 4 is 16.7 Å². The smallest absolute Gasteiger partial charge is 0.248 e. The summed E-state index contributed by atoms with van der Waals surface area (Å²) in [6, 6.07) is 12.3. The standard InChI is InChI=1S/C20H25NO4/c1-3-9-24-14-20(22)21-8-10-25-19(13-21)17-5-4-16-12-18(23-2)7-6-15(16)11-17/h4-7,11-12,19H,3,8-10,13-14H2,1-2H3/t19-/m1/s1. The molecule has 1 fully saturated rings. The highest BCUT2D eigenvalue weighted by atomic mass is 16.5. The predicted octanol–water partition coefficient (Wildman–Crippen LogP) is 3.17. The van der Waals surface area contributed by atoms with Gasteiger partial charge >= 0.3 is 0 Å². The zero-order valence-corrected chi connectivity index (χ0v) is 14.9. The van der Waals surface area contributed by atoms with Crippen LogP contribution in [0.25, 0.3) is 10.8 Å². The lowest BCUT2D eigenvalue weighted by molar-refractivity contribution is -0.143. The van der Waals surface area contributed by atoms with Gasteiger partial charge in [0.25, 0.3) is 0 Å². The number of methoxy groups -OCH3 is 1. The molecule has 2 aromatic carbocycles. The molecule has 1 saturated heterocycles. The molecule has 0 unspecified atom stereocenters. The number of rotatable bonds is 6. The molecule has 5 nitrogen and oxygen atoms in total. The molecule has 0 spiro atoms. The fourth-order valence-corrected chi connectivity index (χ4v) is 3.04. The van der Waals surface area contributed by atoms with E-state index in [0.29, 0.717) is 26.3 Å². The summed E-state index contributed by atoms with van der Waals surface area (Å²) in [5.41, 5.74) is 1.09. The Morgan fingerprint density at radius 1 is 1.24 bits per heavy atom. The van der Waals surface area contributed by atoms with Crippen LogP contribution in [-0.4, -0.2) is 50.8 Å². The van der Waals surface area contributed by atoms with E-state index in [1.807, 2.05) is 30.0 Å². The molecule has 2 aromatic rings. The van der Waals surface area contributed by atoms with Crippen LogP contribution < -0.4 is 4.74 Å². The summed E-state index contributed by atoms with van der Waals surface area (Å²) in [7, 11) is 1.67. The van der Waals surface area contributed by atoms with Gasteiger partial charge in [0.2, 0.25) is 5.91 Å². The van der Waals surface area contributed by atoms with Crippen molar-refractivity contribution in [1.29, 1.82) is 0 Å². The second-order valence-corrected chi connectivity index (χ2v) is 6.22. The molecule has 0 N–H and O–H groups in total. The lowest BCUT2D eigenvalue weighted by atomic mass is 10.0. The second-order valence-electron chi connectivity index (χ2n) is 6.22. The fraction of sp³-hybridized carbons (Fsp3) is 0.450. The van der Waals surface area contributed by atoms with Gasteiger partial charge in [-0.1, -0.05) is 25.1 Å². The highest BCUT2D eigenvalue weighted by molar-refractivity contribution is 5.84. The molecule has 1 aliphatic heterocycles.